The van der Waals surface area contributed by atoms with Crippen molar-refractivity contribution < 1.29 is 18.8 Å². The third-order valence-corrected chi connectivity index (χ3v) is 6.24. The van der Waals surface area contributed by atoms with Gasteiger partial charge in [0.05, 0.1) is 6.10 Å². The van der Waals surface area contributed by atoms with E-state index in [4.69, 9.17) is 4.74 Å². The third-order valence-electron chi connectivity index (χ3n) is 5.72. The van der Waals surface area contributed by atoms with E-state index in [1.54, 1.807) is 0 Å². The van der Waals surface area contributed by atoms with Gasteiger partial charge in [-0.25, -0.2) is 4.79 Å². The Labute approximate surface area is 147 Å². The molecule has 0 amide bonds. The van der Waals surface area contributed by atoms with Gasteiger partial charge in [0.2, 0.25) is 0 Å². The zero-order valence-corrected chi connectivity index (χ0v) is 15.8. The molecule has 2 aliphatic rings. The van der Waals surface area contributed by atoms with E-state index in [2.05, 4.69) is 20.4 Å². The van der Waals surface area contributed by atoms with Crippen molar-refractivity contribution in [2.24, 2.45) is 17.3 Å². The molecule has 0 spiro atoms. The Balaban J connectivity index is 2.17. The Kier molecular flexibility index (Phi) is 5.87. The molecule has 2 aliphatic carbocycles. The normalized spacial score (nSPS) is 37.5. The van der Waals surface area contributed by atoms with Crippen LogP contribution in [0.1, 0.15) is 40.0 Å². The van der Waals surface area contributed by atoms with Crippen LogP contribution in [0.4, 0.5) is 0 Å². The number of esters is 1. The quantitative estimate of drug-likeness (QED) is 0.480. The maximum absolute atomic E-state index is 11.9. The van der Waals surface area contributed by atoms with Crippen LogP contribution in [0.2, 0.25) is 0 Å². The van der Waals surface area contributed by atoms with Gasteiger partial charge in [-0.3, -0.25) is 4.21 Å². The Bertz CT molecular complexity index is 606. The maximum atomic E-state index is 11.9. The fourth-order valence-electron chi connectivity index (χ4n) is 3.99. The van der Waals surface area contributed by atoms with Gasteiger partial charge < -0.3 is 9.84 Å². The first kappa shape index (κ1) is 19.1. The lowest BCUT2D eigenvalue weighted by Crippen LogP contribution is -2.47. The summed E-state index contributed by atoms with van der Waals surface area (Å²) in [5, 5.41) is 11.7. The molecule has 4 nitrogen and oxygen atoms in total. The van der Waals surface area contributed by atoms with Crippen molar-refractivity contribution in [2.45, 2.75) is 52.2 Å². The van der Waals surface area contributed by atoms with E-state index in [1.807, 2.05) is 13.0 Å². The predicted octanol–water partition coefficient (Wildman–Crippen LogP) is 3.11. The molecule has 0 bridgehead atoms. The van der Waals surface area contributed by atoms with E-state index < -0.39 is 22.9 Å². The van der Waals surface area contributed by atoms with Crippen LogP contribution in [-0.2, 0) is 20.3 Å². The number of aliphatic hydroxyl groups is 1. The molecule has 0 aliphatic heterocycles. The highest BCUT2D eigenvalue weighted by molar-refractivity contribution is 7.87. The predicted molar refractivity (Wildman–Crippen MR) is 96.6 cm³/mol. The number of hydrogen-bond acceptors (Lipinski definition) is 4. The smallest absolute Gasteiger partial charge is 0.331 e. The minimum atomic E-state index is -1.16. The second-order valence-corrected chi connectivity index (χ2v) is 8.63. The van der Waals surface area contributed by atoms with E-state index in [0.717, 1.165) is 24.8 Å². The highest BCUT2D eigenvalue weighted by Crippen LogP contribution is 2.53. The van der Waals surface area contributed by atoms with Crippen LogP contribution >= 0.6 is 0 Å². The lowest BCUT2D eigenvalue weighted by atomic mass is 9.56. The summed E-state index contributed by atoms with van der Waals surface area (Å²) in [5.74, 6) is -0.250. The number of rotatable bonds is 4. The lowest BCUT2D eigenvalue weighted by molar-refractivity contribution is -0.150. The molecule has 0 saturated heterocycles. The lowest BCUT2D eigenvalue weighted by Gasteiger charge is -2.50. The second kappa shape index (κ2) is 7.36. The zero-order valence-electron chi connectivity index (χ0n) is 15.0. The summed E-state index contributed by atoms with van der Waals surface area (Å²) in [6.45, 7) is 10.3. The summed E-state index contributed by atoms with van der Waals surface area (Å²) in [7, 11) is -1.16. The monoisotopic (exact) mass is 352 g/mol. The number of allylic oxidation sites excluding steroid dienone is 1. The molecule has 0 radical (unpaired) electrons. The van der Waals surface area contributed by atoms with Gasteiger partial charge in [0, 0.05) is 40.4 Å². The van der Waals surface area contributed by atoms with Crippen molar-refractivity contribution in [3.8, 4) is 0 Å². The minimum Gasteiger partial charge on any atom is -0.459 e. The number of aliphatic hydroxyl groups excluding tert-OH is 1. The van der Waals surface area contributed by atoms with Crippen LogP contribution in [0.5, 0.6) is 0 Å². The molecule has 1 N–H and O–H groups in total. The standard InChI is InChI=1S/C19H28O4S/c1-12(2)15-11-19(4)13(3)17(7-6-14(19)10-16(15)20)23-18(21)8-9-24(5)22/h8-10,13,15-17,20H,1,6-7,11H2,2-5H3/b9-8+/t13-,15-,16+,17+,19+,24+/m0/s1. The van der Waals surface area contributed by atoms with Gasteiger partial charge in [0.15, 0.2) is 0 Å². The van der Waals surface area contributed by atoms with Gasteiger partial charge in [0.1, 0.15) is 6.10 Å². The molecular weight excluding hydrogens is 324 g/mol. The number of carbonyl (C=O) groups excluding carboxylic acids is 1. The molecule has 0 aromatic rings. The summed E-state index contributed by atoms with van der Waals surface area (Å²) in [6, 6.07) is 0. The van der Waals surface area contributed by atoms with Crippen molar-refractivity contribution in [2.75, 3.05) is 6.26 Å². The fraction of sp³-hybridized carbons (Fsp3) is 0.632. The molecule has 0 unspecified atom stereocenters. The minimum absolute atomic E-state index is 0.0399. The van der Waals surface area contributed by atoms with Crippen molar-refractivity contribution in [3.05, 3.63) is 35.3 Å². The highest BCUT2D eigenvalue weighted by atomic mass is 32.2. The molecule has 1 fully saturated rings. The van der Waals surface area contributed by atoms with Gasteiger partial charge in [-0.15, -0.1) is 0 Å². The van der Waals surface area contributed by atoms with Gasteiger partial charge in [-0.05, 0) is 31.6 Å². The first-order chi connectivity index (χ1) is 11.1. The number of fused-ring (bicyclic) bond motifs is 1. The second-order valence-electron chi connectivity index (χ2n) is 7.36. The molecule has 0 aromatic heterocycles. The fourth-order valence-corrected chi connectivity index (χ4v) is 4.30. The number of hydrogen-bond donors (Lipinski definition) is 1. The maximum Gasteiger partial charge on any atom is 0.331 e. The van der Waals surface area contributed by atoms with E-state index in [0.29, 0.717) is 0 Å². The van der Waals surface area contributed by atoms with Crippen LogP contribution in [-0.4, -0.2) is 33.7 Å². The molecule has 1 saturated carbocycles. The van der Waals surface area contributed by atoms with Crippen LogP contribution in [0.3, 0.4) is 0 Å². The van der Waals surface area contributed by atoms with E-state index >= 15 is 0 Å². The van der Waals surface area contributed by atoms with E-state index in [-0.39, 0.29) is 23.4 Å². The molecule has 2 rings (SSSR count). The largest absolute Gasteiger partial charge is 0.459 e. The number of carbonyl (C=O) groups is 1. The van der Waals surface area contributed by atoms with Crippen molar-refractivity contribution >= 4 is 16.8 Å². The molecule has 0 aromatic carbocycles. The molecular formula is C19H28O4S. The van der Waals surface area contributed by atoms with Gasteiger partial charge in [-0.2, -0.15) is 0 Å². The third kappa shape index (κ3) is 3.89. The summed E-state index contributed by atoms with van der Waals surface area (Å²) in [5.41, 5.74) is 2.14. The van der Waals surface area contributed by atoms with E-state index in [9.17, 15) is 14.1 Å². The van der Waals surface area contributed by atoms with Crippen LogP contribution < -0.4 is 0 Å². The first-order valence-corrected chi connectivity index (χ1v) is 10.0. The van der Waals surface area contributed by atoms with Gasteiger partial charge >= 0.3 is 5.97 Å². The molecule has 24 heavy (non-hydrogen) atoms. The van der Waals surface area contributed by atoms with Crippen molar-refractivity contribution in [1.82, 2.24) is 0 Å². The summed E-state index contributed by atoms with van der Waals surface area (Å²) in [4.78, 5) is 11.9. The summed E-state index contributed by atoms with van der Waals surface area (Å²) < 4.78 is 16.7. The van der Waals surface area contributed by atoms with Gasteiger partial charge in [0.25, 0.3) is 0 Å². The highest BCUT2D eigenvalue weighted by Gasteiger charge is 2.48. The van der Waals surface area contributed by atoms with Crippen LogP contribution in [0, 0.1) is 17.3 Å². The molecule has 134 valence electrons. The Morgan fingerprint density at radius 3 is 2.79 bits per heavy atom. The Hall–Kier alpha value is -1.20. The Morgan fingerprint density at radius 1 is 1.54 bits per heavy atom. The first-order valence-electron chi connectivity index (χ1n) is 8.41. The topological polar surface area (TPSA) is 63.6 Å². The van der Waals surface area contributed by atoms with Crippen LogP contribution in [0.15, 0.2) is 35.3 Å². The van der Waals surface area contributed by atoms with Crippen LogP contribution in [0.25, 0.3) is 0 Å². The van der Waals surface area contributed by atoms with E-state index in [1.165, 1.54) is 23.3 Å². The molecule has 6 atom stereocenters. The number of ether oxygens (including phenoxy) is 1. The van der Waals surface area contributed by atoms with Crippen molar-refractivity contribution in [1.29, 1.82) is 0 Å². The average Bonchev–Trinajstić information content (AvgIpc) is 2.49. The molecule has 0 heterocycles. The zero-order chi connectivity index (χ0) is 18.1. The summed E-state index contributed by atoms with van der Waals surface area (Å²) in [6.07, 6.45) is 6.49. The average molecular weight is 352 g/mol. The summed E-state index contributed by atoms with van der Waals surface area (Å²) >= 11 is 0. The molecule has 5 heteroatoms. The van der Waals surface area contributed by atoms with Gasteiger partial charge in [-0.1, -0.05) is 37.6 Å². The Morgan fingerprint density at radius 2 is 2.21 bits per heavy atom. The SMILES string of the molecule is C=C(C)[C@@H]1C[C@@]2(C)C(=C[C@H]1O)CC[C@@H](OC(=O)/C=C/[S@@](C)=O)[C@@H]2C. The van der Waals surface area contributed by atoms with Crippen molar-refractivity contribution in [3.63, 3.8) is 0 Å².